The molecule has 5 aromatic rings. The predicted octanol–water partition coefficient (Wildman–Crippen LogP) is 3.86. The van der Waals surface area contributed by atoms with Crippen molar-refractivity contribution in [2.75, 3.05) is 18.5 Å². The average molecular weight is 471 g/mol. The third-order valence-electron chi connectivity index (χ3n) is 6.36. The van der Waals surface area contributed by atoms with Gasteiger partial charge in [0.2, 0.25) is 0 Å². The maximum atomic E-state index is 10.0. The van der Waals surface area contributed by atoms with Crippen molar-refractivity contribution in [1.29, 1.82) is 0 Å². The number of rotatable bonds is 6. The standard InChI is InChI=1S/C26H26N6O3/c1-16-11-20(23(14-27-16)35-15-24-22(33)8-10-34-24)17-7-9-32-18(12-17)13-25(29-32)28-26-19-5-3-4-6-21(19)31(2)30-26/h3-7,9,11-14,22,24,33H,8,10,15H2,1-2H3,(H,28,29,30)/t22-,24+/m0/s1. The van der Waals surface area contributed by atoms with Crippen LogP contribution in [0, 0.1) is 6.92 Å². The fraction of sp³-hybridized carbons (Fsp3) is 0.269. The lowest BCUT2D eigenvalue weighted by Gasteiger charge is -2.17. The first-order valence-corrected chi connectivity index (χ1v) is 11.6. The number of aryl methyl sites for hydroxylation is 2. The first-order chi connectivity index (χ1) is 17.0. The van der Waals surface area contributed by atoms with Crippen molar-refractivity contribution in [3.63, 3.8) is 0 Å². The van der Waals surface area contributed by atoms with Gasteiger partial charge in [0.15, 0.2) is 11.6 Å². The fourth-order valence-corrected chi connectivity index (χ4v) is 4.51. The van der Waals surface area contributed by atoms with Crippen LogP contribution < -0.4 is 10.1 Å². The first-order valence-electron chi connectivity index (χ1n) is 11.6. The van der Waals surface area contributed by atoms with Gasteiger partial charge in [-0.1, -0.05) is 12.1 Å². The molecule has 9 nitrogen and oxygen atoms in total. The first kappa shape index (κ1) is 21.6. The highest BCUT2D eigenvalue weighted by Crippen LogP contribution is 2.32. The van der Waals surface area contributed by atoms with Crippen LogP contribution in [0.5, 0.6) is 5.75 Å². The van der Waals surface area contributed by atoms with Crippen LogP contribution in [0.4, 0.5) is 11.6 Å². The lowest BCUT2D eigenvalue weighted by molar-refractivity contribution is 0.0110. The summed E-state index contributed by atoms with van der Waals surface area (Å²) in [6, 6.07) is 16.1. The van der Waals surface area contributed by atoms with Crippen LogP contribution in [0.3, 0.4) is 0 Å². The molecule has 1 aromatic carbocycles. The van der Waals surface area contributed by atoms with E-state index in [2.05, 4.69) is 26.6 Å². The van der Waals surface area contributed by atoms with Crippen molar-refractivity contribution >= 4 is 28.1 Å². The van der Waals surface area contributed by atoms with Gasteiger partial charge in [-0.2, -0.15) is 10.2 Å². The van der Waals surface area contributed by atoms with E-state index in [0.717, 1.165) is 39.1 Å². The van der Waals surface area contributed by atoms with E-state index in [0.29, 0.717) is 24.6 Å². The number of hydrogen-bond acceptors (Lipinski definition) is 7. The van der Waals surface area contributed by atoms with Crippen LogP contribution in [-0.4, -0.2) is 54.9 Å². The van der Waals surface area contributed by atoms with Gasteiger partial charge in [-0.15, -0.1) is 0 Å². The second kappa shape index (κ2) is 8.68. The Labute approximate surface area is 201 Å². The zero-order valence-corrected chi connectivity index (χ0v) is 19.5. The minimum absolute atomic E-state index is 0.278. The number of aliphatic hydroxyl groups excluding tert-OH is 1. The monoisotopic (exact) mass is 470 g/mol. The smallest absolute Gasteiger partial charge is 0.161 e. The third kappa shape index (κ3) is 4.09. The van der Waals surface area contributed by atoms with Crippen LogP contribution >= 0.6 is 0 Å². The molecule has 0 unspecified atom stereocenters. The molecule has 1 fully saturated rings. The number of aromatic nitrogens is 5. The van der Waals surface area contributed by atoms with Crippen LogP contribution in [0.15, 0.2) is 60.9 Å². The zero-order valence-electron chi connectivity index (χ0n) is 19.5. The Bertz CT molecular complexity index is 1520. The highest BCUT2D eigenvalue weighted by atomic mass is 16.5. The summed E-state index contributed by atoms with van der Waals surface area (Å²) >= 11 is 0. The van der Waals surface area contributed by atoms with Gasteiger partial charge in [0.25, 0.3) is 0 Å². The van der Waals surface area contributed by atoms with Crippen molar-refractivity contribution in [2.24, 2.45) is 7.05 Å². The Morgan fingerprint density at radius 1 is 1.17 bits per heavy atom. The van der Waals surface area contributed by atoms with Crippen LogP contribution in [-0.2, 0) is 11.8 Å². The number of hydrogen-bond donors (Lipinski definition) is 2. The van der Waals surface area contributed by atoms with Gasteiger partial charge in [0.1, 0.15) is 18.5 Å². The van der Waals surface area contributed by atoms with E-state index in [9.17, 15) is 5.11 Å². The number of nitrogens with zero attached hydrogens (tertiary/aromatic N) is 5. The minimum atomic E-state index is -0.498. The SMILES string of the molecule is Cc1cc(-c2ccn3nc(Nc4nn(C)c5ccccc45)cc3c2)c(OC[C@H]2OCC[C@@H]2O)cn1. The minimum Gasteiger partial charge on any atom is -0.489 e. The van der Waals surface area contributed by atoms with Gasteiger partial charge in [-0.05, 0) is 49.2 Å². The molecule has 0 spiro atoms. The Balaban J connectivity index is 1.29. The predicted molar refractivity (Wildman–Crippen MR) is 133 cm³/mol. The Morgan fingerprint density at radius 3 is 2.91 bits per heavy atom. The van der Waals surface area contributed by atoms with Gasteiger partial charge in [-0.25, -0.2) is 4.52 Å². The van der Waals surface area contributed by atoms with Crippen molar-refractivity contribution < 1.29 is 14.6 Å². The van der Waals surface area contributed by atoms with E-state index in [1.54, 1.807) is 6.20 Å². The lowest BCUT2D eigenvalue weighted by Crippen LogP contribution is -2.28. The number of ether oxygens (including phenoxy) is 2. The number of fused-ring (bicyclic) bond motifs is 2. The van der Waals surface area contributed by atoms with Gasteiger partial charge >= 0.3 is 0 Å². The summed E-state index contributed by atoms with van der Waals surface area (Å²) in [6.07, 6.45) is 3.47. The molecular formula is C26H26N6O3. The van der Waals surface area contributed by atoms with Crippen LogP contribution in [0.1, 0.15) is 12.1 Å². The molecule has 4 aromatic heterocycles. The van der Waals surface area contributed by atoms with E-state index in [-0.39, 0.29) is 12.7 Å². The fourth-order valence-electron chi connectivity index (χ4n) is 4.51. The maximum absolute atomic E-state index is 10.0. The largest absolute Gasteiger partial charge is 0.489 e. The normalized spacial score (nSPS) is 17.9. The molecule has 6 rings (SSSR count). The summed E-state index contributed by atoms with van der Waals surface area (Å²) in [5.74, 6) is 2.13. The van der Waals surface area contributed by atoms with E-state index < -0.39 is 6.10 Å². The average Bonchev–Trinajstić information content (AvgIpc) is 3.55. The molecule has 0 bridgehead atoms. The summed E-state index contributed by atoms with van der Waals surface area (Å²) < 4.78 is 15.3. The zero-order chi connectivity index (χ0) is 23.9. The van der Waals surface area contributed by atoms with Crippen molar-refractivity contribution in [3.8, 4) is 16.9 Å². The van der Waals surface area contributed by atoms with Crippen LogP contribution in [0.25, 0.3) is 27.5 Å². The number of anilines is 2. The van der Waals surface area contributed by atoms with E-state index in [4.69, 9.17) is 9.47 Å². The van der Waals surface area contributed by atoms with E-state index in [1.807, 2.05) is 71.8 Å². The maximum Gasteiger partial charge on any atom is 0.161 e. The number of nitrogens with one attached hydrogen (secondary N) is 1. The molecule has 35 heavy (non-hydrogen) atoms. The molecule has 1 saturated heterocycles. The third-order valence-corrected chi connectivity index (χ3v) is 6.36. The Kier molecular flexibility index (Phi) is 5.35. The molecule has 1 aliphatic rings. The Morgan fingerprint density at radius 2 is 2.06 bits per heavy atom. The highest BCUT2D eigenvalue weighted by molar-refractivity contribution is 5.91. The molecule has 1 aliphatic heterocycles. The van der Waals surface area contributed by atoms with Crippen molar-refractivity contribution in [2.45, 2.75) is 25.6 Å². The van der Waals surface area contributed by atoms with E-state index in [1.165, 1.54) is 0 Å². The lowest BCUT2D eigenvalue weighted by atomic mass is 10.1. The summed E-state index contributed by atoms with van der Waals surface area (Å²) in [7, 11) is 1.93. The summed E-state index contributed by atoms with van der Waals surface area (Å²) in [6.45, 7) is 2.78. The number of aliphatic hydroxyl groups is 1. The Hall–Kier alpha value is -3.95. The van der Waals surface area contributed by atoms with Crippen molar-refractivity contribution in [3.05, 3.63) is 66.6 Å². The molecule has 2 N–H and O–H groups in total. The molecule has 0 aliphatic carbocycles. The molecule has 0 saturated carbocycles. The van der Waals surface area contributed by atoms with Crippen molar-refractivity contribution in [1.82, 2.24) is 24.4 Å². The number of para-hydroxylation sites is 1. The molecular weight excluding hydrogens is 444 g/mol. The molecule has 0 radical (unpaired) electrons. The molecule has 2 atom stereocenters. The quantitative estimate of drug-likeness (QED) is 0.389. The molecule has 0 amide bonds. The molecule has 178 valence electrons. The van der Waals surface area contributed by atoms with Gasteiger partial charge in [0, 0.05) is 42.6 Å². The molecule has 5 heterocycles. The molecule has 9 heteroatoms. The second-order valence-electron chi connectivity index (χ2n) is 8.83. The van der Waals surface area contributed by atoms with Crippen LogP contribution in [0.2, 0.25) is 0 Å². The summed E-state index contributed by atoms with van der Waals surface area (Å²) in [5, 5.41) is 23.7. The van der Waals surface area contributed by atoms with Gasteiger partial charge < -0.3 is 19.9 Å². The highest BCUT2D eigenvalue weighted by Gasteiger charge is 2.27. The summed E-state index contributed by atoms with van der Waals surface area (Å²) in [5.41, 5.74) is 4.79. The number of benzene rings is 1. The topological polar surface area (TPSA) is 98.7 Å². The van der Waals surface area contributed by atoms with Gasteiger partial charge in [0.05, 0.1) is 23.3 Å². The summed E-state index contributed by atoms with van der Waals surface area (Å²) in [4.78, 5) is 4.40. The second-order valence-corrected chi connectivity index (χ2v) is 8.83. The number of pyridine rings is 2. The van der Waals surface area contributed by atoms with Gasteiger partial charge in [-0.3, -0.25) is 9.67 Å². The van der Waals surface area contributed by atoms with E-state index >= 15 is 0 Å².